The van der Waals surface area contributed by atoms with Gasteiger partial charge in [0.05, 0.1) is 28.6 Å². The number of para-hydroxylation sites is 3. The SMILES string of the molecule is C1=CCCC(c2nc(-c3ccc(N4C5=C(C=CCC5)C5=C(c6ccccc64)N(c4ccccc4)C4C=CC=CC54)c4c3C=CCC4)nc3ccccc23)=C1. The molecular formula is C50H40N4. The van der Waals surface area contributed by atoms with Crippen molar-refractivity contribution in [3.05, 3.63) is 191 Å². The Morgan fingerprint density at radius 1 is 0.630 bits per heavy atom. The monoisotopic (exact) mass is 696 g/mol. The lowest BCUT2D eigenvalue weighted by molar-refractivity contribution is 0.682. The van der Waals surface area contributed by atoms with Crippen LogP contribution in [-0.2, 0) is 6.42 Å². The molecule has 3 heterocycles. The highest BCUT2D eigenvalue weighted by atomic mass is 15.2. The fourth-order valence-corrected chi connectivity index (χ4v) is 9.62. The van der Waals surface area contributed by atoms with Gasteiger partial charge in [-0.1, -0.05) is 121 Å². The second kappa shape index (κ2) is 12.7. The van der Waals surface area contributed by atoms with Crippen LogP contribution in [0.1, 0.15) is 54.5 Å². The minimum absolute atomic E-state index is 0.218. The molecule has 0 N–H and O–H groups in total. The average molecular weight is 697 g/mol. The standard InChI is InChI=1S/C50H40N4/c1-3-17-33(18-4-1)48-38-23-9-13-27-42(38)51-50(52-48)37-31-32-46(36-22-8-7-21-35(36)37)54-44-29-15-11-25-40(44)47-39-24-10-14-28-43(39)53(34-19-5-2-6-20-34)49(47)41-26-12-16-30-45(41)54/h1-3,5-7,9-14,16-17,19-21,23-28,30-32,39,43H,4,8,15,18,22,29H2. The highest BCUT2D eigenvalue weighted by molar-refractivity contribution is 5.99. The molecule has 2 unspecified atom stereocenters. The van der Waals surface area contributed by atoms with Crippen LogP contribution in [0.15, 0.2) is 169 Å². The summed E-state index contributed by atoms with van der Waals surface area (Å²) in [5.41, 5.74) is 17.5. The molecule has 0 amide bonds. The minimum atomic E-state index is 0.218. The normalized spacial score (nSPS) is 20.8. The summed E-state index contributed by atoms with van der Waals surface area (Å²) in [6, 6.07) is 33.4. The molecule has 6 aliphatic rings. The maximum Gasteiger partial charge on any atom is 0.161 e. The number of fused-ring (bicyclic) bond motifs is 7. The Balaban J connectivity index is 1.13. The summed E-state index contributed by atoms with van der Waals surface area (Å²) in [6.07, 6.45) is 31.4. The average Bonchev–Trinajstić information content (AvgIpc) is 3.53. The van der Waals surface area contributed by atoms with E-state index in [0.717, 1.165) is 66.5 Å². The van der Waals surface area contributed by atoms with Gasteiger partial charge in [-0.25, -0.2) is 9.97 Å². The maximum absolute atomic E-state index is 5.37. The number of aromatic nitrogens is 2. The Morgan fingerprint density at radius 2 is 1.44 bits per heavy atom. The summed E-state index contributed by atoms with van der Waals surface area (Å²) in [5, 5.41) is 1.12. The first-order valence-electron chi connectivity index (χ1n) is 19.5. The van der Waals surface area contributed by atoms with Crippen LogP contribution in [0.2, 0.25) is 0 Å². The van der Waals surface area contributed by atoms with Crippen LogP contribution in [-0.4, -0.2) is 16.0 Å². The van der Waals surface area contributed by atoms with Gasteiger partial charge in [0.15, 0.2) is 5.82 Å². The summed E-state index contributed by atoms with van der Waals surface area (Å²) in [5.74, 6) is 1.05. The third kappa shape index (κ3) is 4.83. The zero-order chi connectivity index (χ0) is 35.6. The number of hydrogen-bond acceptors (Lipinski definition) is 4. The van der Waals surface area contributed by atoms with Gasteiger partial charge in [0.1, 0.15) is 0 Å². The number of hydrogen-bond donors (Lipinski definition) is 0. The lowest BCUT2D eigenvalue weighted by Gasteiger charge is -2.36. The predicted octanol–water partition coefficient (Wildman–Crippen LogP) is 12.1. The topological polar surface area (TPSA) is 32.3 Å². The Labute approximate surface area is 316 Å². The van der Waals surface area contributed by atoms with Gasteiger partial charge in [0, 0.05) is 39.5 Å². The molecule has 4 nitrogen and oxygen atoms in total. The van der Waals surface area contributed by atoms with Crippen LogP contribution in [0.4, 0.5) is 17.1 Å². The van der Waals surface area contributed by atoms with Gasteiger partial charge in [0.25, 0.3) is 0 Å². The molecule has 0 spiro atoms. The van der Waals surface area contributed by atoms with Crippen molar-refractivity contribution in [2.75, 3.05) is 9.80 Å². The van der Waals surface area contributed by atoms with E-state index in [0.29, 0.717) is 0 Å². The molecule has 1 aromatic heterocycles. The van der Waals surface area contributed by atoms with Crippen molar-refractivity contribution in [1.29, 1.82) is 0 Å². The number of anilines is 3. The van der Waals surface area contributed by atoms with Crippen LogP contribution < -0.4 is 9.80 Å². The van der Waals surface area contributed by atoms with E-state index in [9.17, 15) is 0 Å². The van der Waals surface area contributed by atoms with Gasteiger partial charge in [-0.15, -0.1) is 0 Å². The molecule has 54 heavy (non-hydrogen) atoms. The van der Waals surface area contributed by atoms with Crippen LogP contribution in [0, 0.1) is 5.92 Å². The van der Waals surface area contributed by atoms with Gasteiger partial charge in [-0.05, 0) is 103 Å². The van der Waals surface area contributed by atoms with Gasteiger partial charge < -0.3 is 9.80 Å². The quantitative estimate of drug-likeness (QED) is 0.187. The number of rotatable bonds is 4. The largest absolute Gasteiger partial charge is 0.333 e. The van der Waals surface area contributed by atoms with E-state index in [1.165, 1.54) is 61.9 Å². The summed E-state index contributed by atoms with van der Waals surface area (Å²) in [7, 11) is 0. The molecule has 0 saturated carbocycles. The third-order valence-corrected chi connectivity index (χ3v) is 12.0. The zero-order valence-corrected chi connectivity index (χ0v) is 30.2. The minimum Gasteiger partial charge on any atom is -0.333 e. The molecule has 4 aliphatic carbocycles. The lowest BCUT2D eigenvalue weighted by atomic mass is 9.83. The first-order chi connectivity index (χ1) is 26.8. The van der Waals surface area contributed by atoms with Gasteiger partial charge in [-0.2, -0.15) is 0 Å². The molecule has 0 bridgehead atoms. The van der Waals surface area contributed by atoms with Crippen molar-refractivity contribution in [1.82, 2.24) is 9.97 Å². The summed E-state index contributed by atoms with van der Waals surface area (Å²) < 4.78 is 0. The summed E-state index contributed by atoms with van der Waals surface area (Å²) >= 11 is 0. The molecule has 260 valence electrons. The zero-order valence-electron chi connectivity index (χ0n) is 30.2. The molecule has 11 rings (SSSR count). The van der Waals surface area contributed by atoms with Gasteiger partial charge in [-0.3, -0.25) is 0 Å². The number of nitrogens with zero attached hydrogens (tertiary/aromatic N) is 4. The fourth-order valence-electron chi connectivity index (χ4n) is 9.62. The van der Waals surface area contributed by atoms with E-state index in [-0.39, 0.29) is 12.0 Å². The highest BCUT2D eigenvalue weighted by Crippen LogP contribution is 2.55. The van der Waals surface area contributed by atoms with E-state index in [4.69, 9.17) is 9.97 Å². The molecule has 4 heteroatoms. The van der Waals surface area contributed by atoms with Crippen molar-refractivity contribution >= 4 is 45.3 Å². The second-order valence-corrected chi connectivity index (χ2v) is 14.9. The van der Waals surface area contributed by atoms with Crippen molar-refractivity contribution in [3.8, 4) is 11.4 Å². The predicted molar refractivity (Wildman–Crippen MR) is 224 cm³/mol. The van der Waals surface area contributed by atoms with E-state index >= 15 is 0 Å². The van der Waals surface area contributed by atoms with Gasteiger partial charge in [0.2, 0.25) is 0 Å². The fraction of sp³-hybridized carbons (Fsp3) is 0.160. The molecular weight excluding hydrogens is 657 g/mol. The molecule has 0 saturated heterocycles. The Kier molecular flexibility index (Phi) is 7.36. The molecule has 5 aromatic rings. The van der Waals surface area contributed by atoms with Crippen LogP contribution in [0.25, 0.3) is 39.6 Å². The first-order valence-corrected chi connectivity index (χ1v) is 19.5. The Bertz CT molecular complexity index is 2630. The van der Waals surface area contributed by atoms with Gasteiger partial charge >= 0.3 is 0 Å². The second-order valence-electron chi connectivity index (χ2n) is 14.9. The molecule has 2 aliphatic heterocycles. The smallest absolute Gasteiger partial charge is 0.161 e. The first kappa shape index (κ1) is 31.3. The molecule has 0 fully saturated rings. The number of benzene rings is 4. The van der Waals surface area contributed by atoms with Crippen molar-refractivity contribution < 1.29 is 0 Å². The molecule has 0 radical (unpaired) electrons. The van der Waals surface area contributed by atoms with E-state index in [2.05, 4.69) is 168 Å². The Hall–Kier alpha value is -6.26. The maximum atomic E-state index is 5.37. The number of allylic oxidation sites excluding steroid dienone is 11. The van der Waals surface area contributed by atoms with Crippen LogP contribution >= 0.6 is 0 Å². The van der Waals surface area contributed by atoms with Crippen LogP contribution in [0.5, 0.6) is 0 Å². The van der Waals surface area contributed by atoms with Crippen molar-refractivity contribution in [3.63, 3.8) is 0 Å². The molecule has 2 atom stereocenters. The highest BCUT2D eigenvalue weighted by Gasteiger charge is 2.45. The third-order valence-electron chi connectivity index (χ3n) is 12.0. The van der Waals surface area contributed by atoms with E-state index in [1.807, 2.05) is 0 Å². The van der Waals surface area contributed by atoms with E-state index in [1.54, 1.807) is 0 Å². The Morgan fingerprint density at radius 3 is 2.37 bits per heavy atom. The molecule has 4 aromatic carbocycles. The van der Waals surface area contributed by atoms with Crippen molar-refractivity contribution in [2.24, 2.45) is 5.92 Å². The lowest BCUT2D eigenvalue weighted by Crippen LogP contribution is -2.33. The van der Waals surface area contributed by atoms with Crippen molar-refractivity contribution in [2.45, 2.75) is 44.6 Å². The summed E-state index contributed by atoms with van der Waals surface area (Å²) in [6.45, 7) is 0. The van der Waals surface area contributed by atoms with E-state index < -0.39 is 0 Å². The van der Waals surface area contributed by atoms with Crippen LogP contribution in [0.3, 0.4) is 0 Å². The summed E-state index contributed by atoms with van der Waals surface area (Å²) in [4.78, 5) is 15.8.